The van der Waals surface area contributed by atoms with Gasteiger partial charge in [-0.25, -0.2) is 4.79 Å². The molecule has 0 bridgehead atoms. The molecule has 2 aliphatic heterocycles. The number of ether oxygens (including phenoxy) is 2. The molecule has 2 heterocycles. The second-order valence-corrected chi connectivity index (χ2v) is 6.36. The number of cyclic esters (lactones) is 2. The minimum absolute atomic E-state index is 0.0573. The van der Waals surface area contributed by atoms with Crippen LogP contribution in [0.5, 0.6) is 0 Å². The number of rotatable bonds is 1. The topological polar surface area (TPSA) is 52.6 Å². The summed E-state index contributed by atoms with van der Waals surface area (Å²) in [7, 11) is 0. The number of allylic oxidation sites excluding steroid dienone is 2. The molecule has 132 valence electrons. The van der Waals surface area contributed by atoms with Crippen molar-refractivity contribution < 1.29 is 19.1 Å². The average molecular weight is 332 g/mol. The van der Waals surface area contributed by atoms with Crippen LogP contribution in [0.3, 0.4) is 0 Å². The summed E-state index contributed by atoms with van der Waals surface area (Å²) in [4.78, 5) is 23.1. The van der Waals surface area contributed by atoms with E-state index in [1.807, 2.05) is 6.08 Å². The zero-order valence-electron chi connectivity index (χ0n) is 14.3. The standard InChI is InChI=1S/C20H28O4/c21-19-14-8-5-7-12-17(18-13-10-15-20(22)24-18)11-6-3-1-2-4-9-16-23-19/h2,4,6,10-11,15,17-18H,1,3,5,7-9,12-14,16H2/b4-2-,11-6+. The quantitative estimate of drug-likeness (QED) is 0.532. The van der Waals surface area contributed by atoms with E-state index in [-0.39, 0.29) is 24.0 Å². The van der Waals surface area contributed by atoms with Crippen LogP contribution in [0.4, 0.5) is 0 Å². The molecule has 2 atom stereocenters. The number of carbonyl (C=O) groups excluding carboxylic acids is 2. The Hall–Kier alpha value is -1.84. The SMILES string of the molecule is O=C1C=CCC(C2/C=C/CC/C=C\CCOC(=O)CCCCC2)O1. The molecule has 0 saturated heterocycles. The van der Waals surface area contributed by atoms with Crippen molar-refractivity contribution in [2.75, 3.05) is 6.61 Å². The third kappa shape index (κ3) is 7.16. The monoisotopic (exact) mass is 332 g/mol. The van der Waals surface area contributed by atoms with E-state index in [9.17, 15) is 9.59 Å². The van der Waals surface area contributed by atoms with Crippen LogP contribution in [0.25, 0.3) is 0 Å². The molecule has 0 aromatic rings. The fourth-order valence-electron chi connectivity index (χ4n) is 3.04. The maximum atomic E-state index is 11.6. The Kier molecular flexibility index (Phi) is 8.36. The third-order valence-electron chi connectivity index (χ3n) is 4.38. The highest BCUT2D eigenvalue weighted by Crippen LogP contribution is 2.24. The minimum Gasteiger partial charge on any atom is -0.465 e. The van der Waals surface area contributed by atoms with Gasteiger partial charge in [-0.2, -0.15) is 0 Å². The van der Waals surface area contributed by atoms with Crippen molar-refractivity contribution >= 4 is 11.9 Å². The van der Waals surface area contributed by atoms with E-state index < -0.39 is 0 Å². The first-order chi connectivity index (χ1) is 11.8. The molecule has 0 spiro atoms. The van der Waals surface area contributed by atoms with Gasteiger partial charge in [0, 0.05) is 24.8 Å². The lowest BCUT2D eigenvalue weighted by Gasteiger charge is -2.25. The summed E-state index contributed by atoms with van der Waals surface area (Å²) >= 11 is 0. The molecule has 0 N–H and O–H groups in total. The first-order valence-corrected chi connectivity index (χ1v) is 9.10. The smallest absolute Gasteiger partial charge is 0.330 e. The Bertz CT molecular complexity index is 490. The summed E-state index contributed by atoms with van der Waals surface area (Å²) in [6, 6.07) is 0. The van der Waals surface area contributed by atoms with Gasteiger partial charge < -0.3 is 9.47 Å². The Balaban J connectivity index is 1.91. The fraction of sp³-hybridized carbons (Fsp3) is 0.600. The minimum atomic E-state index is -0.238. The first kappa shape index (κ1) is 18.5. The summed E-state index contributed by atoms with van der Waals surface area (Å²) in [5, 5.41) is 0. The molecule has 0 aromatic heterocycles. The van der Waals surface area contributed by atoms with Gasteiger partial charge in [0.1, 0.15) is 6.10 Å². The molecule has 2 unspecified atom stereocenters. The Labute approximate surface area is 144 Å². The summed E-state index contributed by atoms with van der Waals surface area (Å²) < 4.78 is 10.7. The van der Waals surface area contributed by atoms with Crippen LogP contribution in [-0.4, -0.2) is 24.6 Å². The Morgan fingerprint density at radius 3 is 2.62 bits per heavy atom. The third-order valence-corrected chi connectivity index (χ3v) is 4.38. The molecule has 0 fully saturated rings. The molecule has 4 nitrogen and oxygen atoms in total. The zero-order chi connectivity index (χ0) is 17.0. The van der Waals surface area contributed by atoms with Crippen molar-refractivity contribution in [3.63, 3.8) is 0 Å². The molecule has 4 heteroatoms. The summed E-state index contributed by atoms with van der Waals surface area (Å²) in [6.07, 6.45) is 19.8. The highest BCUT2D eigenvalue weighted by atomic mass is 16.5. The second kappa shape index (κ2) is 10.8. The molecule has 0 saturated carbocycles. The molecule has 0 radical (unpaired) electrons. The van der Waals surface area contributed by atoms with Crippen molar-refractivity contribution in [2.45, 2.75) is 63.9 Å². The average Bonchev–Trinajstić information content (AvgIpc) is 2.57. The van der Waals surface area contributed by atoms with Gasteiger partial charge in [0.05, 0.1) is 6.61 Å². The van der Waals surface area contributed by atoms with E-state index in [2.05, 4.69) is 24.3 Å². The maximum Gasteiger partial charge on any atom is 0.330 e. The van der Waals surface area contributed by atoms with Crippen molar-refractivity contribution in [3.8, 4) is 0 Å². The fourth-order valence-corrected chi connectivity index (χ4v) is 3.04. The normalized spacial score (nSPS) is 30.2. The van der Waals surface area contributed by atoms with Crippen LogP contribution in [-0.2, 0) is 19.1 Å². The number of hydrogen-bond donors (Lipinski definition) is 0. The van der Waals surface area contributed by atoms with E-state index in [1.54, 1.807) is 0 Å². The van der Waals surface area contributed by atoms with Gasteiger partial charge >= 0.3 is 11.9 Å². The molecular weight excluding hydrogens is 304 g/mol. The van der Waals surface area contributed by atoms with E-state index in [4.69, 9.17) is 9.47 Å². The second-order valence-electron chi connectivity index (χ2n) is 6.36. The largest absolute Gasteiger partial charge is 0.465 e. The summed E-state index contributed by atoms with van der Waals surface area (Å²) in [5.41, 5.74) is 0. The molecule has 2 rings (SSSR count). The zero-order valence-corrected chi connectivity index (χ0v) is 14.3. The van der Waals surface area contributed by atoms with Gasteiger partial charge in [-0.1, -0.05) is 43.2 Å². The van der Waals surface area contributed by atoms with Crippen molar-refractivity contribution in [3.05, 3.63) is 36.5 Å². The summed E-state index contributed by atoms with van der Waals surface area (Å²) in [6.45, 7) is 0.480. The van der Waals surface area contributed by atoms with Gasteiger partial charge in [0.2, 0.25) is 0 Å². The van der Waals surface area contributed by atoms with E-state index in [0.29, 0.717) is 13.0 Å². The van der Waals surface area contributed by atoms with Crippen LogP contribution >= 0.6 is 0 Å². The Morgan fingerprint density at radius 2 is 1.75 bits per heavy atom. The number of hydrogen-bond acceptors (Lipinski definition) is 4. The van der Waals surface area contributed by atoms with Crippen LogP contribution in [0.2, 0.25) is 0 Å². The Morgan fingerprint density at radius 1 is 0.917 bits per heavy atom. The number of esters is 2. The van der Waals surface area contributed by atoms with Crippen LogP contribution in [0.1, 0.15) is 57.8 Å². The highest BCUT2D eigenvalue weighted by molar-refractivity contribution is 5.82. The number of carbonyl (C=O) groups is 2. The molecular formula is C20H28O4. The van der Waals surface area contributed by atoms with Crippen LogP contribution in [0, 0.1) is 5.92 Å². The van der Waals surface area contributed by atoms with Crippen molar-refractivity contribution in [1.82, 2.24) is 0 Å². The molecule has 24 heavy (non-hydrogen) atoms. The van der Waals surface area contributed by atoms with E-state index in [1.165, 1.54) is 6.08 Å². The lowest BCUT2D eigenvalue weighted by atomic mass is 9.91. The first-order valence-electron chi connectivity index (χ1n) is 9.10. The van der Waals surface area contributed by atoms with E-state index in [0.717, 1.165) is 51.4 Å². The predicted molar refractivity (Wildman–Crippen MR) is 93.3 cm³/mol. The lowest BCUT2D eigenvalue weighted by Crippen LogP contribution is -2.27. The van der Waals surface area contributed by atoms with Gasteiger partial charge in [0.15, 0.2) is 0 Å². The van der Waals surface area contributed by atoms with Crippen LogP contribution in [0.15, 0.2) is 36.5 Å². The predicted octanol–water partition coefficient (Wildman–Crippen LogP) is 4.26. The van der Waals surface area contributed by atoms with Crippen molar-refractivity contribution in [1.29, 1.82) is 0 Å². The van der Waals surface area contributed by atoms with Gasteiger partial charge in [-0.3, -0.25) is 4.79 Å². The van der Waals surface area contributed by atoms with Gasteiger partial charge in [0.25, 0.3) is 0 Å². The van der Waals surface area contributed by atoms with Crippen molar-refractivity contribution in [2.24, 2.45) is 5.92 Å². The molecule has 0 aliphatic carbocycles. The highest BCUT2D eigenvalue weighted by Gasteiger charge is 2.23. The van der Waals surface area contributed by atoms with Gasteiger partial charge in [-0.15, -0.1) is 0 Å². The molecule has 2 aliphatic rings. The van der Waals surface area contributed by atoms with E-state index >= 15 is 0 Å². The van der Waals surface area contributed by atoms with Crippen LogP contribution < -0.4 is 0 Å². The molecule has 0 aromatic carbocycles. The summed E-state index contributed by atoms with van der Waals surface area (Å²) in [5.74, 6) is -0.0847. The molecule has 0 amide bonds. The lowest BCUT2D eigenvalue weighted by molar-refractivity contribution is -0.146. The maximum absolute atomic E-state index is 11.6. The van der Waals surface area contributed by atoms with Gasteiger partial charge in [-0.05, 0) is 32.1 Å².